The van der Waals surface area contributed by atoms with Crippen molar-refractivity contribution < 1.29 is 1.37 Å². The lowest BCUT2D eigenvalue weighted by atomic mass is 10.00. The maximum absolute atomic E-state index is 8.17. The van der Waals surface area contributed by atoms with Gasteiger partial charge in [-0.25, -0.2) is 0 Å². The first-order valence-electron chi connectivity index (χ1n) is 5.44. The summed E-state index contributed by atoms with van der Waals surface area (Å²) >= 11 is 0. The van der Waals surface area contributed by atoms with Crippen LogP contribution in [-0.2, 0) is 0 Å². The lowest BCUT2D eigenvalue weighted by molar-refractivity contribution is 1.56. The number of rotatable bonds is 0. The number of benzene rings is 2. The fourth-order valence-electron chi connectivity index (χ4n) is 1.89. The van der Waals surface area contributed by atoms with Crippen LogP contribution in [0, 0.1) is 6.42 Å². The van der Waals surface area contributed by atoms with Crippen LogP contribution in [0.5, 0.6) is 0 Å². The summed E-state index contributed by atoms with van der Waals surface area (Å²) < 4.78 is 8.17. The molecule has 0 nitrogen and oxygen atoms in total. The molecule has 0 amide bonds. The molecule has 0 radical (unpaired) electrons. The summed E-state index contributed by atoms with van der Waals surface area (Å²) in [7, 11) is 0. The maximum atomic E-state index is 8.17. The molecule has 0 saturated heterocycles. The molecule has 0 aromatic heterocycles. The third-order valence-corrected chi connectivity index (χ3v) is 2.67. The third kappa shape index (κ3) is 1.24. The molecule has 0 fully saturated rings. The van der Waals surface area contributed by atoms with Crippen molar-refractivity contribution in [3.63, 3.8) is 0 Å². The van der Waals surface area contributed by atoms with E-state index in [1.54, 1.807) is 0 Å². The quantitative estimate of drug-likeness (QED) is 0.560. The Bertz CT molecular complexity index is 708. The first-order chi connectivity index (χ1) is 7.77. The highest BCUT2D eigenvalue weighted by Crippen LogP contribution is 2.12. The second-order valence-corrected chi connectivity index (χ2v) is 3.67. The normalized spacial score (nSPS) is 13.9. The fourth-order valence-corrected chi connectivity index (χ4v) is 1.89. The Kier molecular flexibility index (Phi) is 1.45. The molecule has 1 aliphatic carbocycles. The second kappa shape index (κ2) is 2.98. The Morgan fingerprint density at radius 2 is 2.27 bits per heavy atom. The average Bonchev–Trinajstić information content (AvgIpc) is 2.31. The molecule has 0 bridgehead atoms. The van der Waals surface area contributed by atoms with E-state index in [1.165, 1.54) is 0 Å². The van der Waals surface area contributed by atoms with Crippen molar-refractivity contribution >= 4 is 29.5 Å². The standard InChI is InChI=1S/C15H10/c1-11-5-4-8-14-9-12-6-2-3-7-13(12)10-15(11)14/h1-10H/i9D. The van der Waals surface area contributed by atoms with E-state index in [1.807, 2.05) is 42.8 Å². The second-order valence-electron chi connectivity index (χ2n) is 3.67. The molecule has 0 heteroatoms. The number of fused-ring (bicyclic) bond motifs is 2. The Hall–Kier alpha value is -2.04. The molecular weight excluding hydrogens is 180 g/mol. The summed E-state index contributed by atoms with van der Waals surface area (Å²) in [5.74, 6) is 0. The first kappa shape index (κ1) is 7.28. The van der Waals surface area contributed by atoms with Gasteiger partial charge in [0.2, 0.25) is 0 Å². The molecule has 2 aromatic carbocycles. The van der Waals surface area contributed by atoms with Gasteiger partial charge in [0.25, 0.3) is 0 Å². The zero-order valence-electron chi connectivity index (χ0n) is 9.20. The Labute approximate surface area is 90.3 Å². The van der Waals surface area contributed by atoms with Gasteiger partial charge in [0.1, 0.15) is 0 Å². The van der Waals surface area contributed by atoms with Crippen LogP contribution in [0.25, 0.3) is 29.5 Å². The highest BCUT2D eigenvalue weighted by molar-refractivity contribution is 5.86. The van der Waals surface area contributed by atoms with Gasteiger partial charge in [-0.15, -0.1) is 10.8 Å². The lowest BCUT2D eigenvalue weighted by Crippen LogP contribution is -2.10. The summed E-state index contributed by atoms with van der Waals surface area (Å²) in [6, 6.07) is 8.32. The maximum Gasteiger partial charge on any atom is 0.187 e. The Morgan fingerprint density at radius 3 is 3.20 bits per heavy atom. The number of hydrogen-bond donors (Lipinski definition) is 0. The molecule has 0 aliphatic heterocycles. The van der Waals surface area contributed by atoms with Crippen LogP contribution in [0.1, 0.15) is 6.93 Å². The van der Waals surface area contributed by atoms with Crippen LogP contribution in [0.15, 0.2) is 36.4 Å². The summed E-state index contributed by atoms with van der Waals surface area (Å²) in [4.78, 5) is 0. The van der Waals surface area contributed by atoms with E-state index in [-0.39, 0.29) is 0 Å². The number of allylic oxidation sites excluding steroid dienone is 1. The SMILES string of the molecule is [2H]c1c2c(cc3c(=[CH+])cccc13)=C[CH-]C=C2. The molecule has 0 saturated carbocycles. The van der Waals surface area contributed by atoms with Crippen molar-refractivity contribution in [2.45, 2.75) is 0 Å². The zero-order valence-corrected chi connectivity index (χ0v) is 8.20. The van der Waals surface area contributed by atoms with E-state index in [9.17, 15) is 0 Å². The first-order valence-corrected chi connectivity index (χ1v) is 4.94. The van der Waals surface area contributed by atoms with E-state index < -0.39 is 0 Å². The molecule has 0 N–H and O–H groups in total. The monoisotopic (exact) mass is 191 g/mol. The van der Waals surface area contributed by atoms with Crippen molar-refractivity contribution in [2.75, 3.05) is 0 Å². The van der Waals surface area contributed by atoms with E-state index in [4.69, 9.17) is 7.95 Å². The molecule has 70 valence electrons. The summed E-state index contributed by atoms with van der Waals surface area (Å²) in [5.41, 5.74) is 0.973. The van der Waals surface area contributed by atoms with E-state index in [0.29, 0.717) is 6.04 Å². The van der Waals surface area contributed by atoms with Crippen LogP contribution in [0.3, 0.4) is 0 Å². The Balaban J connectivity index is 2.60. The van der Waals surface area contributed by atoms with Gasteiger partial charge in [-0.05, 0) is 18.2 Å². The van der Waals surface area contributed by atoms with Crippen LogP contribution in [-0.4, -0.2) is 0 Å². The third-order valence-electron chi connectivity index (χ3n) is 2.67. The average molecular weight is 191 g/mol. The van der Waals surface area contributed by atoms with Crippen molar-refractivity contribution in [2.24, 2.45) is 0 Å². The minimum atomic E-state index is 0.556. The highest BCUT2D eigenvalue weighted by atomic mass is 14.0. The molecular formula is C15H10. The van der Waals surface area contributed by atoms with Gasteiger partial charge in [-0.1, -0.05) is 6.04 Å². The molecule has 15 heavy (non-hydrogen) atoms. The topological polar surface area (TPSA) is 0 Å². The van der Waals surface area contributed by atoms with Gasteiger partial charge in [-0.3, -0.25) is 0 Å². The van der Waals surface area contributed by atoms with Gasteiger partial charge in [0, 0.05) is 12.0 Å². The van der Waals surface area contributed by atoms with Gasteiger partial charge >= 0.3 is 0 Å². The van der Waals surface area contributed by atoms with Crippen LogP contribution in [0.2, 0.25) is 0 Å². The molecule has 0 atom stereocenters. The van der Waals surface area contributed by atoms with Crippen molar-refractivity contribution in [1.29, 1.82) is 0 Å². The predicted molar refractivity (Wildman–Crippen MR) is 65.5 cm³/mol. The van der Waals surface area contributed by atoms with Gasteiger partial charge in [-0.2, -0.15) is 24.6 Å². The smallest absolute Gasteiger partial charge is 0.172 e. The Morgan fingerprint density at radius 1 is 1.33 bits per heavy atom. The van der Waals surface area contributed by atoms with Gasteiger partial charge in [0.15, 0.2) is 5.22 Å². The van der Waals surface area contributed by atoms with Crippen molar-refractivity contribution in [3.05, 3.63) is 58.8 Å². The van der Waals surface area contributed by atoms with Crippen LogP contribution >= 0.6 is 0 Å². The fraction of sp³-hybridized carbons (Fsp3) is 0. The molecule has 3 rings (SSSR count). The summed E-state index contributed by atoms with van der Waals surface area (Å²) in [6.45, 7) is 5.93. The van der Waals surface area contributed by atoms with E-state index in [2.05, 4.69) is 6.07 Å². The zero-order chi connectivity index (χ0) is 11.1. The molecule has 0 heterocycles. The van der Waals surface area contributed by atoms with E-state index >= 15 is 0 Å². The molecule has 0 spiro atoms. The molecule has 0 unspecified atom stereocenters. The van der Waals surface area contributed by atoms with Gasteiger partial charge in [0.05, 0.1) is 12.8 Å². The van der Waals surface area contributed by atoms with Crippen LogP contribution in [0.4, 0.5) is 0 Å². The minimum Gasteiger partial charge on any atom is -0.172 e. The number of hydrogen-bond acceptors (Lipinski definition) is 0. The molecule has 1 aliphatic rings. The van der Waals surface area contributed by atoms with Crippen molar-refractivity contribution in [1.82, 2.24) is 0 Å². The summed E-state index contributed by atoms with van der Waals surface area (Å²) in [6.07, 6.45) is 7.92. The summed E-state index contributed by atoms with van der Waals surface area (Å²) in [5, 5.41) is 3.68. The highest BCUT2D eigenvalue weighted by Gasteiger charge is 2.01. The minimum absolute atomic E-state index is 0.556. The predicted octanol–water partition coefficient (Wildman–Crippen LogP) is 2.14. The van der Waals surface area contributed by atoms with Crippen LogP contribution < -0.4 is 10.4 Å². The lowest BCUT2D eigenvalue weighted by Gasteiger charge is -2.09. The molecule has 2 aromatic rings. The largest absolute Gasteiger partial charge is 0.187 e. The van der Waals surface area contributed by atoms with Gasteiger partial charge < -0.3 is 0 Å². The van der Waals surface area contributed by atoms with Crippen molar-refractivity contribution in [3.8, 4) is 0 Å². The van der Waals surface area contributed by atoms with E-state index in [0.717, 1.165) is 26.8 Å².